The zero-order valence-corrected chi connectivity index (χ0v) is 13.2. The Hall–Kier alpha value is -1.59. The first kappa shape index (κ1) is 15.8. The smallest absolute Gasteiger partial charge is 0.160 e. The van der Waals surface area contributed by atoms with E-state index in [-0.39, 0.29) is 10.0 Å². The fraction of sp³-hybridized carbons (Fsp3) is 0.286. The van der Waals surface area contributed by atoms with Gasteiger partial charge < -0.3 is 10.6 Å². The highest BCUT2D eigenvalue weighted by Gasteiger charge is 2.09. The van der Waals surface area contributed by atoms with E-state index in [1.54, 1.807) is 13.0 Å². The molecule has 2 aromatic rings. The maximum absolute atomic E-state index is 13.4. The van der Waals surface area contributed by atoms with Crippen molar-refractivity contribution in [1.29, 1.82) is 0 Å². The number of nitrogens with one attached hydrogen (secondary N) is 2. The van der Waals surface area contributed by atoms with Crippen LogP contribution in [0.1, 0.15) is 19.2 Å². The molecule has 0 unspecified atom stereocenters. The van der Waals surface area contributed by atoms with Gasteiger partial charge >= 0.3 is 0 Å². The summed E-state index contributed by atoms with van der Waals surface area (Å²) in [6.07, 6.45) is 0.995. The Morgan fingerprint density at radius 3 is 2.33 bits per heavy atom. The van der Waals surface area contributed by atoms with E-state index in [9.17, 15) is 4.39 Å². The van der Waals surface area contributed by atoms with E-state index in [1.165, 1.54) is 12.1 Å². The third kappa shape index (κ3) is 4.19. The van der Waals surface area contributed by atoms with Crippen molar-refractivity contribution in [2.24, 2.45) is 0 Å². The molecule has 1 heterocycles. The van der Waals surface area contributed by atoms with Gasteiger partial charge in [0.05, 0.1) is 10.0 Å². The topological polar surface area (TPSA) is 49.8 Å². The number of nitrogens with zero attached hydrogens (tertiary/aromatic N) is 2. The van der Waals surface area contributed by atoms with E-state index in [1.807, 2.05) is 0 Å². The number of hydrogen-bond donors (Lipinski definition) is 2. The number of rotatable bonds is 5. The molecule has 0 aliphatic carbocycles. The lowest BCUT2D eigenvalue weighted by Crippen LogP contribution is -2.05. The van der Waals surface area contributed by atoms with Crippen molar-refractivity contribution >= 4 is 40.5 Å². The number of halogens is 3. The van der Waals surface area contributed by atoms with Gasteiger partial charge in [0.15, 0.2) is 5.82 Å². The second-order valence-electron chi connectivity index (χ2n) is 4.49. The van der Waals surface area contributed by atoms with Crippen molar-refractivity contribution in [1.82, 2.24) is 9.97 Å². The van der Waals surface area contributed by atoms with Gasteiger partial charge in [0, 0.05) is 18.3 Å². The zero-order valence-electron chi connectivity index (χ0n) is 11.7. The zero-order chi connectivity index (χ0) is 15.4. The van der Waals surface area contributed by atoms with Crippen LogP contribution in [0, 0.1) is 12.7 Å². The Morgan fingerprint density at radius 2 is 1.71 bits per heavy atom. The maximum Gasteiger partial charge on any atom is 0.160 e. The fourth-order valence-electron chi connectivity index (χ4n) is 1.75. The van der Waals surface area contributed by atoms with Crippen molar-refractivity contribution in [2.45, 2.75) is 20.3 Å². The van der Waals surface area contributed by atoms with E-state index in [2.05, 4.69) is 27.5 Å². The Kier molecular flexibility index (Phi) is 5.20. The van der Waals surface area contributed by atoms with Gasteiger partial charge in [-0.15, -0.1) is 0 Å². The summed E-state index contributed by atoms with van der Waals surface area (Å²) >= 11 is 11.5. The molecule has 0 aliphatic rings. The van der Waals surface area contributed by atoms with Crippen molar-refractivity contribution in [2.75, 3.05) is 17.2 Å². The average Bonchev–Trinajstić information content (AvgIpc) is 2.42. The van der Waals surface area contributed by atoms with Crippen molar-refractivity contribution in [3.63, 3.8) is 0 Å². The number of hydrogen-bond acceptors (Lipinski definition) is 4. The van der Waals surface area contributed by atoms with Gasteiger partial charge in [-0.2, -0.15) is 0 Å². The van der Waals surface area contributed by atoms with E-state index < -0.39 is 5.82 Å². The molecule has 112 valence electrons. The van der Waals surface area contributed by atoms with Gasteiger partial charge in [0.1, 0.15) is 17.5 Å². The van der Waals surface area contributed by atoms with Gasteiger partial charge in [-0.05, 0) is 25.5 Å². The average molecular weight is 329 g/mol. The van der Waals surface area contributed by atoms with Crippen molar-refractivity contribution in [3.05, 3.63) is 39.9 Å². The summed E-state index contributed by atoms with van der Waals surface area (Å²) in [6, 6.07) is 4.69. The summed E-state index contributed by atoms with van der Waals surface area (Å²) in [5.74, 6) is 1.30. The SMILES string of the molecule is CCCNc1cc(Nc2cc(Cl)c(F)c(Cl)c2)nc(C)n1. The van der Waals surface area contributed by atoms with Crippen LogP contribution in [0.4, 0.5) is 21.7 Å². The molecule has 0 saturated carbocycles. The first-order valence-corrected chi connectivity index (χ1v) is 7.26. The third-order valence-corrected chi connectivity index (χ3v) is 3.20. The first-order valence-electron chi connectivity index (χ1n) is 6.50. The second-order valence-corrected chi connectivity index (χ2v) is 5.31. The number of anilines is 3. The predicted molar refractivity (Wildman–Crippen MR) is 85.3 cm³/mol. The lowest BCUT2D eigenvalue weighted by molar-refractivity contribution is 0.629. The van der Waals surface area contributed by atoms with Gasteiger partial charge in [-0.3, -0.25) is 0 Å². The van der Waals surface area contributed by atoms with E-state index >= 15 is 0 Å². The minimum absolute atomic E-state index is 0.0416. The molecule has 0 atom stereocenters. The molecular weight excluding hydrogens is 314 g/mol. The lowest BCUT2D eigenvalue weighted by Gasteiger charge is -2.10. The molecule has 7 heteroatoms. The largest absolute Gasteiger partial charge is 0.370 e. The highest BCUT2D eigenvalue weighted by molar-refractivity contribution is 6.35. The van der Waals surface area contributed by atoms with Crippen molar-refractivity contribution < 1.29 is 4.39 Å². The third-order valence-electron chi connectivity index (χ3n) is 2.65. The lowest BCUT2D eigenvalue weighted by atomic mass is 10.3. The summed E-state index contributed by atoms with van der Waals surface area (Å²) < 4.78 is 13.4. The molecule has 0 spiro atoms. The van der Waals surface area contributed by atoms with Gasteiger partial charge in [-0.1, -0.05) is 30.1 Å². The Labute approximate surface area is 132 Å². The summed E-state index contributed by atoms with van der Waals surface area (Å²) in [5.41, 5.74) is 0.561. The predicted octanol–water partition coefficient (Wildman–Crippen LogP) is 4.80. The van der Waals surface area contributed by atoms with Crippen LogP contribution in [0.3, 0.4) is 0 Å². The Morgan fingerprint density at radius 1 is 1.10 bits per heavy atom. The molecule has 0 radical (unpaired) electrons. The minimum Gasteiger partial charge on any atom is -0.370 e. The molecule has 0 amide bonds. The monoisotopic (exact) mass is 328 g/mol. The molecule has 0 fully saturated rings. The van der Waals surface area contributed by atoms with Crippen LogP contribution in [-0.4, -0.2) is 16.5 Å². The maximum atomic E-state index is 13.4. The highest BCUT2D eigenvalue weighted by Crippen LogP contribution is 2.29. The van der Waals surface area contributed by atoms with Gasteiger partial charge in [0.25, 0.3) is 0 Å². The van der Waals surface area contributed by atoms with Crippen LogP contribution in [0.2, 0.25) is 10.0 Å². The molecule has 0 aliphatic heterocycles. The molecule has 1 aromatic carbocycles. The Balaban J connectivity index is 2.24. The molecule has 1 aromatic heterocycles. The summed E-state index contributed by atoms with van der Waals surface area (Å²) in [6.45, 7) is 4.69. The van der Waals surface area contributed by atoms with Crippen LogP contribution in [0.25, 0.3) is 0 Å². The van der Waals surface area contributed by atoms with Crippen LogP contribution < -0.4 is 10.6 Å². The van der Waals surface area contributed by atoms with Crippen LogP contribution in [0.5, 0.6) is 0 Å². The summed E-state index contributed by atoms with van der Waals surface area (Å²) in [7, 11) is 0. The van der Waals surface area contributed by atoms with Crippen molar-refractivity contribution in [3.8, 4) is 0 Å². The molecule has 21 heavy (non-hydrogen) atoms. The summed E-state index contributed by atoms with van der Waals surface area (Å²) in [4.78, 5) is 8.56. The molecule has 0 bridgehead atoms. The standard InChI is InChI=1S/C14H15Cl2FN4/c1-3-4-18-12-7-13(20-8(2)19-12)21-9-5-10(15)14(17)11(16)6-9/h5-7H,3-4H2,1-2H3,(H2,18,19,20,21). The van der Waals surface area contributed by atoms with E-state index in [0.717, 1.165) is 18.8 Å². The minimum atomic E-state index is -0.631. The van der Waals surface area contributed by atoms with E-state index in [4.69, 9.17) is 23.2 Å². The first-order chi connectivity index (χ1) is 9.99. The molecule has 2 rings (SSSR count). The number of aromatic nitrogens is 2. The number of benzene rings is 1. The second kappa shape index (κ2) is 6.91. The quantitative estimate of drug-likeness (QED) is 0.774. The molecule has 0 saturated heterocycles. The fourth-order valence-corrected chi connectivity index (χ4v) is 2.24. The highest BCUT2D eigenvalue weighted by atomic mass is 35.5. The molecule has 4 nitrogen and oxygen atoms in total. The Bertz CT molecular complexity index is 626. The van der Waals surface area contributed by atoms with Gasteiger partial charge in [0.2, 0.25) is 0 Å². The van der Waals surface area contributed by atoms with Crippen LogP contribution >= 0.6 is 23.2 Å². The summed E-state index contributed by atoms with van der Waals surface area (Å²) in [5, 5.41) is 6.15. The molecular formula is C14H15Cl2FN4. The van der Waals surface area contributed by atoms with Crippen LogP contribution in [-0.2, 0) is 0 Å². The van der Waals surface area contributed by atoms with E-state index in [0.29, 0.717) is 17.3 Å². The molecule has 2 N–H and O–H groups in total. The number of aryl methyl sites for hydroxylation is 1. The van der Waals surface area contributed by atoms with Gasteiger partial charge in [-0.25, -0.2) is 14.4 Å². The normalized spacial score (nSPS) is 10.5. The van der Waals surface area contributed by atoms with Crippen LogP contribution in [0.15, 0.2) is 18.2 Å².